The van der Waals surface area contributed by atoms with Crippen molar-refractivity contribution < 1.29 is 33.5 Å². The fourth-order valence-electron chi connectivity index (χ4n) is 5.86. The number of nitrogens with zero attached hydrogens (tertiary/aromatic N) is 4. The van der Waals surface area contributed by atoms with E-state index in [2.05, 4.69) is 41.7 Å². The van der Waals surface area contributed by atoms with Crippen molar-refractivity contribution in [1.82, 2.24) is 0 Å². The molecular formula is C46H41Cl5N8O7. The first-order valence-electron chi connectivity index (χ1n) is 19.9. The summed E-state index contributed by atoms with van der Waals surface area (Å²) in [5.74, 6) is -4.11. The van der Waals surface area contributed by atoms with Crippen molar-refractivity contribution in [3.63, 3.8) is 0 Å². The number of carbonyl (C=O) groups excluding carboxylic acids is 6. The third kappa shape index (κ3) is 13.7. The highest BCUT2D eigenvalue weighted by Gasteiger charge is 2.27. The standard InChI is InChI=1S/C46H41Cl5N8O7/c1-24(48)28-11-15-30(16-12-28)52-43(62)33-7-5-9-36(39(33)50)56-58-41(26(3)60)45(64)54-32-19-20-35(38(23-32)66-22-21-47)55-46(65)42(27(4)61)59-57-37-10-6-8-34(40(37)51)44(63)53-31-17-13-29(14-18-31)25(2)49/h5-20,23-25,41-42H,21-22H2,1-4H3,(H,52,62)(H,53,63)(H,54,64)(H,55,65). The van der Waals surface area contributed by atoms with E-state index in [-0.39, 0.29) is 72.9 Å². The second-order valence-electron chi connectivity index (χ2n) is 14.3. The van der Waals surface area contributed by atoms with Gasteiger partial charge >= 0.3 is 0 Å². The monoisotopic (exact) mass is 992 g/mol. The lowest BCUT2D eigenvalue weighted by molar-refractivity contribution is -0.127. The van der Waals surface area contributed by atoms with Gasteiger partial charge in [-0.15, -0.1) is 34.8 Å². The van der Waals surface area contributed by atoms with E-state index < -0.39 is 47.3 Å². The molecule has 20 heteroatoms. The number of hydrogen-bond acceptors (Lipinski definition) is 11. The maximum Gasteiger partial charge on any atom is 0.258 e. The Bertz CT molecular complexity index is 2680. The van der Waals surface area contributed by atoms with Crippen molar-refractivity contribution in [3.05, 3.63) is 135 Å². The number of Topliss-reactive ketones (excluding diaryl/α,β-unsaturated/α-hetero) is 2. The van der Waals surface area contributed by atoms with Gasteiger partial charge in [-0.2, -0.15) is 20.5 Å². The Labute approximate surface area is 404 Å². The maximum absolute atomic E-state index is 13.5. The Morgan fingerprint density at radius 1 is 0.576 bits per heavy atom. The van der Waals surface area contributed by atoms with Crippen LogP contribution in [0.15, 0.2) is 124 Å². The third-order valence-corrected chi connectivity index (χ3v) is 10.8. The number of azo groups is 2. The second kappa shape index (κ2) is 23.8. The Morgan fingerprint density at radius 3 is 1.41 bits per heavy atom. The number of benzene rings is 5. The van der Waals surface area contributed by atoms with E-state index in [0.29, 0.717) is 11.4 Å². The zero-order valence-electron chi connectivity index (χ0n) is 35.6. The minimum absolute atomic E-state index is 0.0175. The van der Waals surface area contributed by atoms with Crippen molar-refractivity contribution in [2.75, 3.05) is 33.8 Å². The molecule has 66 heavy (non-hydrogen) atoms. The van der Waals surface area contributed by atoms with Gasteiger partial charge in [0.15, 0.2) is 11.6 Å². The van der Waals surface area contributed by atoms with Gasteiger partial charge in [-0.05, 0) is 99.5 Å². The molecule has 0 fully saturated rings. The van der Waals surface area contributed by atoms with E-state index in [1.165, 1.54) is 54.6 Å². The largest absolute Gasteiger partial charge is 0.490 e. The molecule has 0 saturated carbocycles. The topological polar surface area (TPSA) is 209 Å². The second-order valence-corrected chi connectivity index (χ2v) is 16.8. The number of ether oxygens (including phenoxy) is 1. The Kier molecular flexibility index (Phi) is 18.3. The van der Waals surface area contributed by atoms with Crippen LogP contribution in [0.1, 0.15) is 70.3 Å². The normalized spacial score (nSPS) is 13.0. The van der Waals surface area contributed by atoms with E-state index in [1.54, 1.807) is 48.5 Å². The molecule has 0 heterocycles. The SMILES string of the molecule is CC(=O)C(N=Nc1cccc(C(=O)Nc2ccc(C(C)Cl)cc2)c1Cl)C(=O)Nc1ccc(NC(=O)C(N=Nc2cccc(C(=O)Nc3ccc(C(C)Cl)cc3)c2Cl)C(C)=O)c(OCCCl)c1. The fourth-order valence-corrected chi connectivity index (χ4v) is 6.73. The molecule has 0 bridgehead atoms. The van der Waals surface area contributed by atoms with Gasteiger partial charge in [0.1, 0.15) is 23.7 Å². The lowest BCUT2D eigenvalue weighted by Crippen LogP contribution is -2.32. The Morgan fingerprint density at radius 2 is 1.00 bits per heavy atom. The van der Waals surface area contributed by atoms with Crippen LogP contribution in [0.2, 0.25) is 10.0 Å². The van der Waals surface area contributed by atoms with Gasteiger partial charge in [0.2, 0.25) is 12.1 Å². The van der Waals surface area contributed by atoms with Crippen LogP contribution < -0.4 is 26.0 Å². The molecule has 4 atom stereocenters. The number of rotatable bonds is 19. The summed E-state index contributed by atoms with van der Waals surface area (Å²) in [4.78, 5) is 78.5. The summed E-state index contributed by atoms with van der Waals surface area (Å²) in [7, 11) is 0. The molecule has 0 aromatic heterocycles. The van der Waals surface area contributed by atoms with E-state index in [1.807, 2.05) is 13.8 Å². The Hall–Kier alpha value is -6.23. The minimum Gasteiger partial charge on any atom is -0.490 e. The summed E-state index contributed by atoms with van der Waals surface area (Å²) in [6, 6.07) is 23.6. The zero-order valence-corrected chi connectivity index (χ0v) is 39.4. The van der Waals surface area contributed by atoms with Crippen LogP contribution in [0.25, 0.3) is 0 Å². The van der Waals surface area contributed by atoms with Crippen molar-refractivity contribution in [2.45, 2.75) is 50.5 Å². The molecule has 0 spiro atoms. The highest BCUT2D eigenvalue weighted by Crippen LogP contribution is 2.33. The van der Waals surface area contributed by atoms with Crippen LogP contribution >= 0.6 is 58.0 Å². The first kappa shape index (κ1) is 50.8. The van der Waals surface area contributed by atoms with Crippen LogP contribution in [0.3, 0.4) is 0 Å². The summed E-state index contributed by atoms with van der Waals surface area (Å²) >= 11 is 31.2. The first-order chi connectivity index (χ1) is 31.5. The summed E-state index contributed by atoms with van der Waals surface area (Å²) in [5, 5.41) is 26.1. The number of alkyl halides is 3. The van der Waals surface area contributed by atoms with Gasteiger partial charge in [-0.1, -0.05) is 59.6 Å². The number of ketones is 2. The number of halogens is 5. The van der Waals surface area contributed by atoms with Crippen molar-refractivity contribution in [2.24, 2.45) is 20.5 Å². The Balaban J connectivity index is 1.28. The van der Waals surface area contributed by atoms with Crippen LogP contribution in [0.4, 0.5) is 34.1 Å². The average Bonchev–Trinajstić information content (AvgIpc) is 3.27. The van der Waals surface area contributed by atoms with Gasteiger partial charge in [0.25, 0.3) is 23.6 Å². The van der Waals surface area contributed by atoms with Crippen molar-refractivity contribution in [3.8, 4) is 5.75 Å². The molecule has 342 valence electrons. The minimum atomic E-state index is -1.66. The third-order valence-electron chi connectivity index (χ3n) is 9.37. The maximum atomic E-state index is 13.5. The molecule has 5 aromatic carbocycles. The number of carbonyl (C=O) groups is 6. The van der Waals surface area contributed by atoms with Crippen LogP contribution in [0, 0.1) is 0 Å². The number of amides is 4. The van der Waals surface area contributed by atoms with Gasteiger partial charge < -0.3 is 26.0 Å². The van der Waals surface area contributed by atoms with Gasteiger partial charge in [-0.3, -0.25) is 28.8 Å². The first-order valence-corrected chi connectivity index (χ1v) is 22.1. The molecule has 15 nitrogen and oxygen atoms in total. The van der Waals surface area contributed by atoms with Crippen LogP contribution in [0.5, 0.6) is 5.75 Å². The molecule has 4 unspecified atom stereocenters. The smallest absolute Gasteiger partial charge is 0.258 e. The molecule has 5 rings (SSSR count). The number of nitrogens with one attached hydrogen (secondary N) is 4. The zero-order chi connectivity index (χ0) is 48.1. The highest BCUT2D eigenvalue weighted by atomic mass is 35.5. The van der Waals surface area contributed by atoms with Gasteiger partial charge in [-0.25, -0.2) is 0 Å². The van der Waals surface area contributed by atoms with E-state index >= 15 is 0 Å². The van der Waals surface area contributed by atoms with Crippen molar-refractivity contribution >= 4 is 127 Å². The molecule has 0 saturated heterocycles. The van der Waals surface area contributed by atoms with E-state index in [0.717, 1.165) is 25.0 Å². The van der Waals surface area contributed by atoms with E-state index in [4.69, 9.17) is 62.7 Å². The summed E-state index contributed by atoms with van der Waals surface area (Å²) in [5.41, 5.74) is 3.11. The van der Waals surface area contributed by atoms with E-state index in [9.17, 15) is 28.8 Å². The summed E-state index contributed by atoms with van der Waals surface area (Å²) < 4.78 is 5.74. The van der Waals surface area contributed by atoms with Crippen LogP contribution in [-0.2, 0) is 19.2 Å². The summed E-state index contributed by atoms with van der Waals surface area (Å²) in [6.07, 6.45) is 0. The molecular weight excluding hydrogens is 954 g/mol. The van der Waals surface area contributed by atoms with Crippen LogP contribution in [-0.4, -0.2) is 59.8 Å². The highest BCUT2D eigenvalue weighted by molar-refractivity contribution is 6.37. The lowest BCUT2D eigenvalue weighted by atomic mass is 10.1. The molecule has 0 aliphatic rings. The molecule has 4 amide bonds. The summed E-state index contributed by atoms with van der Waals surface area (Å²) in [6.45, 7) is 5.91. The molecule has 0 aliphatic carbocycles. The average molecular weight is 995 g/mol. The molecule has 0 radical (unpaired) electrons. The fraction of sp³-hybridized carbons (Fsp3) is 0.217. The van der Waals surface area contributed by atoms with Gasteiger partial charge in [0, 0.05) is 23.1 Å². The predicted molar refractivity (Wildman–Crippen MR) is 258 cm³/mol. The predicted octanol–water partition coefficient (Wildman–Crippen LogP) is 12.1. The lowest BCUT2D eigenvalue weighted by Gasteiger charge is -2.16. The number of anilines is 4. The molecule has 4 N–H and O–H groups in total. The van der Waals surface area contributed by atoms with Crippen molar-refractivity contribution in [1.29, 1.82) is 0 Å². The number of hydrogen-bond donors (Lipinski definition) is 4. The van der Waals surface area contributed by atoms with Gasteiger partial charge in [0.05, 0.1) is 43.5 Å². The molecule has 5 aromatic rings. The molecule has 0 aliphatic heterocycles. The quantitative estimate of drug-likeness (QED) is 0.0357.